The number of guanidine groups is 1. The van der Waals surface area contributed by atoms with Gasteiger partial charge >= 0.3 is 0 Å². The number of rotatable bonds is 6. The van der Waals surface area contributed by atoms with Gasteiger partial charge in [-0.3, -0.25) is 9.62 Å². The maximum atomic E-state index is 11.6. The molecule has 0 bridgehead atoms. The van der Waals surface area contributed by atoms with Gasteiger partial charge in [0.1, 0.15) is 0 Å². The number of unbranched alkanes of at least 4 members (excludes halogenated alkanes) is 1. The van der Waals surface area contributed by atoms with Crippen LogP contribution in [-0.4, -0.2) is 50.9 Å². The molecular formula is C9H17N4O4S-. The molecule has 104 valence electrons. The van der Waals surface area contributed by atoms with Crippen LogP contribution in [0.1, 0.15) is 19.8 Å². The lowest BCUT2D eigenvalue weighted by atomic mass is 10.4. The van der Waals surface area contributed by atoms with Gasteiger partial charge in [0.2, 0.25) is 16.0 Å². The van der Waals surface area contributed by atoms with Crippen LogP contribution in [0.3, 0.4) is 0 Å². The quantitative estimate of drug-likeness (QED) is 0.561. The first-order chi connectivity index (χ1) is 8.43. The number of aliphatic carboxylic acids is 1. The van der Waals surface area contributed by atoms with Crippen molar-refractivity contribution >= 4 is 22.0 Å². The Bertz CT molecular complexity index is 420. The molecule has 0 saturated carbocycles. The predicted octanol–water partition coefficient (Wildman–Crippen LogP) is -2.37. The molecule has 1 aliphatic heterocycles. The normalized spacial score (nSPS) is 16.8. The minimum absolute atomic E-state index is 0.0486. The Morgan fingerprint density at radius 1 is 1.61 bits per heavy atom. The number of nitrogens with one attached hydrogen (secondary N) is 2. The number of aliphatic imine (C=N–C) groups is 1. The highest BCUT2D eigenvalue weighted by Gasteiger charge is 2.16. The summed E-state index contributed by atoms with van der Waals surface area (Å²) in [4.78, 5) is 15.7. The van der Waals surface area contributed by atoms with Crippen LogP contribution in [0.4, 0.5) is 0 Å². The highest BCUT2D eigenvalue weighted by Crippen LogP contribution is 1.96. The summed E-state index contributed by atoms with van der Waals surface area (Å²) in [6, 6.07) is 0. The Kier molecular flexibility index (Phi) is 5.35. The topological polar surface area (TPSA) is 114 Å². The van der Waals surface area contributed by atoms with Crippen molar-refractivity contribution in [1.82, 2.24) is 14.9 Å². The van der Waals surface area contributed by atoms with E-state index < -0.39 is 16.0 Å². The number of hydrogen-bond acceptors (Lipinski definition) is 7. The molecule has 8 nitrogen and oxygen atoms in total. The lowest BCUT2D eigenvalue weighted by molar-refractivity contribution is -0.306. The maximum Gasteiger partial charge on any atom is 0.234 e. The van der Waals surface area contributed by atoms with E-state index in [4.69, 9.17) is 0 Å². The maximum absolute atomic E-state index is 11.6. The van der Waals surface area contributed by atoms with E-state index in [1.54, 1.807) is 0 Å². The lowest BCUT2D eigenvalue weighted by Crippen LogP contribution is -2.52. The molecule has 0 aromatic heterocycles. The van der Waals surface area contributed by atoms with Crippen LogP contribution in [0, 0.1) is 0 Å². The van der Waals surface area contributed by atoms with Crippen LogP contribution in [0.25, 0.3) is 0 Å². The molecule has 0 amide bonds. The summed E-state index contributed by atoms with van der Waals surface area (Å²) in [5.74, 6) is -0.993. The van der Waals surface area contributed by atoms with Gasteiger partial charge in [0, 0.05) is 6.54 Å². The molecule has 0 aromatic rings. The lowest BCUT2D eigenvalue weighted by Gasteiger charge is -2.27. The molecule has 0 unspecified atom stereocenters. The average Bonchev–Trinajstić information content (AvgIpc) is 2.28. The number of nitrogens with zero attached hydrogens (tertiary/aromatic N) is 2. The summed E-state index contributed by atoms with van der Waals surface area (Å²) in [6.45, 7) is 1.99. The highest BCUT2D eigenvalue weighted by molar-refractivity contribution is 7.90. The van der Waals surface area contributed by atoms with E-state index in [-0.39, 0.29) is 31.6 Å². The van der Waals surface area contributed by atoms with E-state index in [0.29, 0.717) is 6.42 Å². The summed E-state index contributed by atoms with van der Waals surface area (Å²) in [5.41, 5.74) is 0. The van der Waals surface area contributed by atoms with E-state index in [1.807, 2.05) is 6.92 Å². The number of carboxylic acids is 1. The van der Waals surface area contributed by atoms with Crippen molar-refractivity contribution in [2.75, 3.05) is 25.6 Å². The van der Waals surface area contributed by atoms with Crippen LogP contribution in [0.2, 0.25) is 0 Å². The number of hydrogen-bond donors (Lipinski definition) is 2. The van der Waals surface area contributed by atoms with E-state index >= 15 is 0 Å². The standard InChI is InChI=1S/C9H18N4O4S/c1-2-3-4-18(16,17)12-9-10-6-13(7-11-9)5-8(14)15/h2-7H2,1H3,(H,14,15)(H2,10,11,12)/p-1. The van der Waals surface area contributed by atoms with Crippen molar-refractivity contribution in [3.63, 3.8) is 0 Å². The second kappa shape index (κ2) is 6.55. The van der Waals surface area contributed by atoms with Crippen molar-refractivity contribution < 1.29 is 18.3 Å². The Morgan fingerprint density at radius 3 is 2.83 bits per heavy atom. The number of carbonyl (C=O) groups is 1. The molecule has 0 aliphatic carbocycles. The fraction of sp³-hybridized carbons (Fsp3) is 0.778. The smallest absolute Gasteiger partial charge is 0.234 e. The fourth-order valence-corrected chi connectivity index (χ4v) is 2.55. The molecule has 0 fully saturated rings. The van der Waals surface area contributed by atoms with Gasteiger partial charge in [-0.1, -0.05) is 13.3 Å². The Hall–Kier alpha value is -1.35. The zero-order valence-electron chi connectivity index (χ0n) is 10.2. The number of sulfonamides is 1. The zero-order valence-corrected chi connectivity index (χ0v) is 11.0. The summed E-state index contributed by atoms with van der Waals surface area (Å²) >= 11 is 0. The minimum atomic E-state index is -3.37. The molecule has 18 heavy (non-hydrogen) atoms. The molecule has 0 spiro atoms. The van der Waals surface area contributed by atoms with Crippen molar-refractivity contribution in [3.05, 3.63) is 0 Å². The van der Waals surface area contributed by atoms with Gasteiger partial charge in [0.05, 0.1) is 25.1 Å². The Balaban J connectivity index is 2.46. The zero-order chi connectivity index (χ0) is 13.6. The highest BCUT2D eigenvalue weighted by atomic mass is 32.2. The van der Waals surface area contributed by atoms with Gasteiger partial charge in [-0.05, 0) is 6.42 Å². The van der Waals surface area contributed by atoms with Gasteiger partial charge in [-0.2, -0.15) is 0 Å². The van der Waals surface area contributed by atoms with Crippen LogP contribution in [-0.2, 0) is 14.8 Å². The summed E-state index contributed by atoms with van der Waals surface area (Å²) in [5, 5.41) is 13.1. The van der Waals surface area contributed by atoms with Crippen molar-refractivity contribution in [3.8, 4) is 0 Å². The van der Waals surface area contributed by atoms with Gasteiger partial charge in [-0.15, -0.1) is 0 Å². The van der Waals surface area contributed by atoms with E-state index in [2.05, 4.69) is 15.0 Å². The summed E-state index contributed by atoms with van der Waals surface area (Å²) in [7, 11) is -3.37. The second-order valence-corrected chi connectivity index (χ2v) is 5.80. The Labute approximate surface area is 106 Å². The molecule has 0 saturated heterocycles. The van der Waals surface area contributed by atoms with Gasteiger partial charge in [0.15, 0.2) is 0 Å². The molecule has 1 rings (SSSR count). The summed E-state index contributed by atoms with van der Waals surface area (Å²) in [6.07, 6.45) is 1.37. The third-order valence-corrected chi connectivity index (χ3v) is 3.60. The first-order valence-corrected chi connectivity index (χ1v) is 7.29. The molecule has 2 N–H and O–H groups in total. The van der Waals surface area contributed by atoms with Crippen LogP contribution in [0.15, 0.2) is 4.99 Å². The van der Waals surface area contributed by atoms with Crippen LogP contribution >= 0.6 is 0 Å². The van der Waals surface area contributed by atoms with Gasteiger partial charge < -0.3 is 15.2 Å². The molecule has 0 radical (unpaired) electrons. The van der Waals surface area contributed by atoms with E-state index in [9.17, 15) is 18.3 Å². The molecular weight excluding hydrogens is 260 g/mol. The average molecular weight is 277 g/mol. The molecule has 9 heteroatoms. The van der Waals surface area contributed by atoms with E-state index in [1.165, 1.54) is 4.90 Å². The SMILES string of the molecule is CCCCS(=O)(=O)NC1=NCN(CC(=O)[O-])CN1. The second-order valence-electron chi connectivity index (χ2n) is 3.96. The van der Waals surface area contributed by atoms with Gasteiger partial charge in [-0.25, -0.2) is 13.4 Å². The van der Waals surface area contributed by atoms with Crippen molar-refractivity contribution in [1.29, 1.82) is 0 Å². The fourth-order valence-electron chi connectivity index (χ4n) is 1.35. The van der Waals surface area contributed by atoms with E-state index in [0.717, 1.165) is 6.42 Å². The Morgan fingerprint density at radius 2 is 2.33 bits per heavy atom. The van der Waals surface area contributed by atoms with Crippen molar-refractivity contribution in [2.45, 2.75) is 19.8 Å². The minimum Gasteiger partial charge on any atom is -0.549 e. The third-order valence-electron chi connectivity index (χ3n) is 2.27. The first kappa shape index (κ1) is 14.7. The van der Waals surface area contributed by atoms with Gasteiger partial charge in [0.25, 0.3) is 0 Å². The largest absolute Gasteiger partial charge is 0.549 e. The third kappa shape index (κ3) is 5.32. The molecule has 1 heterocycles. The predicted molar refractivity (Wildman–Crippen MR) is 63.8 cm³/mol. The van der Waals surface area contributed by atoms with Crippen LogP contribution < -0.4 is 15.1 Å². The molecule has 1 aliphatic rings. The number of carbonyl (C=O) groups excluding carboxylic acids is 1. The molecule has 0 aromatic carbocycles. The number of carboxylic acid groups (broad SMARTS) is 1. The first-order valence-electron chi connectivity index (χ1n) is 5.64. The van der Waals surface area contributed by atoms with Crippen molar-refractivity contribution in [2.24, 2.45) is 4.99 Å². The monoisotopic (exact) mass is 277 g/mol. The summed E-state index contributed by atoms with van der Waals surface area (Å²) < 4.78 is 25.5. The molecule has 0 atom stereocenters. The van der Waals surface area contributed by atoms with Crippen LogP contribution in [0.5, 0.6) is 0 Å².